The third-order valence-electron chi connectivity index (χ3n) is 11.3. The first kappa shape index (κ1) is 36.7. The van der Waals surface area contributed by atoms with Crippen LogP contribution in [0.4, 0.5) is 44.7 Å². The highest BCUT2D eigenvalue weighted by Gasteiger charge is 2.77. The number of nitrogens with one attached hydrogen (secondary N) is 1. The van der Waals surface area contributed by atoms with Gasteiger partial charge in [0.05, 0.1) is 17.5 Å². The van der Waals surface area contributed by atoms with Crippen molar-refractivity contribution < 1.29 is 46.2 Å². The Morgan fingerprint density at radius 2 is 1.29 bits per heavy atom. The Morgan fingerprint density at radius 3 is 1.89 bits per heavy atom. The third-order valence-corrected chi connectivity index (χ3v) is 12.7. The van der Waals surface area contributed by atoms with Crippen molar-refractivity contribution in [2.45, 2.75) is 42.4 Å². The van der Waals surface area contributed by atoms with E-state index < -0.39 is 98.2 Å². The van der Waals surface area contributed by atoms with Crippen molar-refractivity contribution in [3.63, 3.8) is 0 Å². The quantitative estimate of drug-likeness (QED) is 0.0527. The van der Waals surface area contributed by atoms with Gasteiger partial charge in [-0.3, -0.25) is 24.1 Å². The Morgan fingerprint density at radius 1 is 0.727 bits per heavy atom. The highest BCUT2D eigenvalue weighted by Crippen LogP contribution is 2.66. The van der Waals surface area contributed by atoms with Crippen molar-refractivity contribution in [1.29, 1.82) is 0 Å². The first-order chi connectivity index (χ1) is 26.0. The highest BCUT2D eigenvalue weighted by atomic mass is 35.5. The maximum atomic E-state index is 15.3. The third kappa shape index (κ3) is 5.01. The number of alkyl halides is 2. The minimum Gasteiger partial charge on any atom is -0.507 e. The number of imide groups is 2. The molecule has 6 unspecified atom stereocenters. The molecule has 15 heteroatoms. The maximum absolute atomic E-state index is 15.3. The number of nitrogens with zero attached hydrogens (tertiary/aromatic N) is 2. The number of anilines is 4. The Kier molecular flexibility index (Phi) is 8.43. The lowest BCUT2D eigenvalue weighted by atomic mass is 9.56. The summed E-state index contributed by atoms with van der Waals surface area (Å²) in [4.78, 5) is 52.9. The molecular weight excluding hydrogens is 768 g/mol. The minimum atomic E-state index is -2.66. The summed E-state index contributed by atoms with van der Waals surface area (Å²) in [5.74, 6) is -21.3. The summed E-state index contributed by atoms with van der Waals surface area (Å²) in [6, 6.07) is 18.8. The van der Waals surface area contributed by atoms with Crippen LogP contribution in [0.2, 0.25) is 0 Å². The van der Waals surface area contributed by atoms with Crippen molar-refractivity contribution in [2.24, 2.45) is 17.8 Å². The Balaban J connectivity index is 1.25. The number of carbonyl (C=O) groups excluding carboxylic acids is 4. The molecule has 2 heterocycles. The van der Waals surface area contributed by atoms with Gasteiger partial charge in [0.1, 0.15) is 11.4 Å². The number of halogens is 7. The van der Waals surface area contributed by atoms with E-state index in [9.17, 15) is 37.5 Å². The Labute approximate surface area is 320 Å². The molecule has 4 amide bonds. The predicted molar refractivity (Wildman–Crippen MR) is 193 cm³/mol. The lowest BCUT2D eigenvalue weighted by molar-refractivity contribution is -0.125. The van der Waals surface area contributed by atoms with Crippen molar-refractivity contribution >= 4 is 69.6 Å². The monoisotopic (exact) mass is 795 g/mol. The van der Waals surface area contributed by atoms with Gasteiger partial charge in [0.15, 0.2) is 33.0 Å². The average Bonchev–Trinajstić information content (AvgIpc) is 3.50. The molecule has 2 aliphatic carbocycles. The van der Waals surface area contributed by atoms with E-state index >= 15 is 8.78 Å². The van der Waals surface area contributed by atoms with Gasteiger partial charge in [0, 0.05) is 17.3 Å². The summed E-state index contributed by atoms with van der Waals surface area (Å²) in [6.45, 7) is 3.10. The summed E-state index contributed by atoms with van der Waals surface area (Å²) in [5.41, 5.74) is 1.03. The molecule has 2 saturated heterocycles. The number of benzene rings is 4. The largest absolute Gasteiger partial charge is 0.507 e. The van der Waals surface area contributed by atoms with Crippen LogP contribution < -0.4 is 15.1 Å². The van der Waals surface area contributed by atoms with Gasteiger partial charge < -0.3 is 10.4 Å². The van der Waals surface area contributed by atoms with E-state index in [0.717, 1.165) is 10.6 Å². The van der Waals surface area contributed by atoms with Crippen LogP contribution in [0.15, 0.2) is 78.4 Å². The van der Waals surface area contributed by atoms with Crippen LogP contribution in [-0.2, 0) is 19.2 Å². The first-order valence-electron chi connectivity index (χ1n) is 17.1. The molecule has 3 fully saturated rings. The number of phenolic OH excluding ortho intramolecular Hbond substituents is 1. The topological polar surface area (TPSA) is 107 Å². The van der Waals surface area contributed by atoms with Gasteiger partial charge in [-0.05, 0) is 85.7 Å². The van der Waals surface area contributed by atoms with Crippen molar-refractivity contribution in [1.82, 2.24) is 0 Å². The lowest BCUT2D eigenvalue weighted by Crippen LogP contribution is -2.60. The fraction of sp³-hybridized carbons (Fsp3) is 0.250. The second-order valence-corrected chi connectivity index (χ2v) is 15.5. The fourth-order valence-electron chi connectivity index (χ4n) is 8.73. The molecule has 0 aromatic heterocycles. The van der Waals surface area contributed by atoms with Crippen molar-refractivity contribution in [3.8, 4) is 5.75 Å². The number of carbonyl (C=O) groups is 4. The minimum absolute atomic E-state index is 0.0104. The van der Waals surface area contributed by atoms with Crippen LogP contribution in [-0.4, -0.2) is 38.5 Å². The molecule has 2 N–H and O–H groups in total. The summed E-state index contributed by atoms with van der Waals surface area (Å²) in [7, 11) is 0. The van der Waals surface area contributed by atoms with Gasteiger partial charge in [-0.15, -0.1) is 23.2 Å². The normalized spacial score (nSPS) is 27.3. The van der Waals surface area contributed by atoms with Crippen LogP contribution in [0, 0.1) is 60.7 Å². The van der Waals surface area contributed by atoms with Gasteiger partial charge in [-0.25, -0.2) is 26.9 Å². The molecular formula is C40H28Cl2F5N3O5. The van der Waals surface area contributed by atoms with E-state index in [1.54, 1.807) is 44.2 Å². The number of aromatic hydroxyl groups is 1. The van der Waals surface area contributed by atoms with Crippen LogP contribution in [0.25, 0.3) is 0 Å². The molecule has 8 rings (SSSR count). The molecule has 4 aromatic carbocycles. The zero-order chi connectivity index (χ0) is 39.5. The Bertz CT molecular complexity index is 2360. The maximum Gasteiger partial charge on any atom is 0.258 e. The van der Waals surface area contributed by atoms with E-state index in [1.165, 1.54) is 12.1 Å². The van der Waals surface area contributed by atoms with E-state index in [2.05, 4.69) is 5.32 Å². The smallest absolute Gasteiger partial charge is 0.258 e. The molecule has 4 aliphatic rings. The SMILES string of the molecule is Cc1cc(C2C3=CCC4C(=O)N(c5ccc(Nc6ccccc6)cc5)C(=O)C4C3CC3(Cl)C(=O)N(c4c(F)c(F)c(F)c(F)c4F)C(=O)C23Cl)cc(C)c1O. The molecule has 0 spiro atoms. The number of allylic oxidation sites excluding steroid dienone is 2. The summed E-state index contributed by atoms with van der Waals surface area (Å²) in [6.07, 6.45) is 0.985. The molecule has 4 aromatic rings. The average molecular weight is 797 g/mol. The predicted octanol–water partition coefficient (Wildman–Crippen LogP) is 8.22. The van der Waals surface area contributed by atoms with Crippen LogP contribution in [0.3, 0.4) is 0 Å². The molecule has 2 aliphatic heterocycles. The van der Waals surface area contributed by atoms with Gasteiger partial charge in [-0.2, -0.15) is 0 Å². The molecule has 1 saturated carbocycles. The second-order valence-electron chi connectivity index (χ2n) is 14.2. The van der Waals surface area contributed by atoms with Crippen molar-refractivity contribution in [2.75, 3.05) is 15.1 Å². The lowest BCUT2D eigenvalue weighted by Gasteiger charge is -2.50. The molecule has 55 heavy (non-hydrogen) atoms. The van der Waals surface area contributed by atoms with E-state index in [0.29, 0.717) is 22.4 Å². The van der Waals surface area contributed by atoms with E-state index in [1.807, 2.05) is 30.3 Å². The molecule has 282 valence electrons. The summed E-state index contributed by atoms with van der Waals surface area (Å²) < 4.78 is 73.8. The fourth-order valence-corrected chi connectivity index (χ4v) is 9.67. The number of phenols is 1. The van der Waals surface area contributed by atoms with Crippen LogP contribution >= 0.6 is 23.2 Å². The Hall–Kier alpha value is -5.27. The number of aryl methyl sites for hydroxylation is 2. The number of hydrogen-bond acceptors (Lipinski definition) is 6. The van der Waals surface area contributed by atoms with E-state index in [-0.39, 0.29) is 28.3 Å². The summed E-state index contributed by atoms with van der Waals surface area (Å²) >= 11 is 14.4. The first-order valence-corrected chi connectivity index (χ1v) is 17.9. The number of hydrogen-bond donors (Lipinski definition) is 2. The number of rotatable bonds is 5. The second kappa shape index (κ2) is 12.6. The number of para-hydroxylation sites is 1. The summed E-state index contributed by atoms with van der Waals surface area (Å²) in [5, 5.41) is 13.8. The van der Waals surface area contributed by atoms with Gasteiger partial charge in [0.25, 0.3) is 11.8 Å². The zero-order valence-electron chi connectivity index (χ0n) is 28.8. The molecule has 0 radical (unpaired) electrons. The standard InChI is InChI=1S/C40H28Cl2F5N3O5/c1-17-14-19(15-18(2)34(17)51)27-23-12-13-24-26(36(53)49(35(24)52)22-10-8-21(9-11-22)48-20-6-4-3-5-7-20)25(23)16-39(41)37(54)50(38(55)40(27,39)42)33-31(46)29(44)28(43)30(45)32(33)47/h3-12,14-15,24-27,48,51H,13,16H2,1-2H3. The number of fused-ring (bicyclic) bond motifs is 4. The van der Waals surface area contributed by atoms with Gasteiger partial charge in [-0.1, -0.05) is 42.0 Å². The van der Waals surface area contributed by atoms with Crippen molar-refractivity contribution in [3.05, 3.63) is 124 Å². The number of amides is 4. The highest BCUT2D eigenvalue weighted by molar-refractivity contribution is 6.58. The van der Waals surface area contributed by atoms with Gasteiger partial charge >= 0.3 is 0 Å². The molecule has 0 bridgehead atoms. The molecule has 6 atom stereocenters. The van der Waals surface area contributed by atoms with E-state index in [4.69, 9.17) is 23.2 Å². The van der Waals surface area contributed by atoms with Crippen LogP contribution in [0.5, 0.6) is 5.75 Å². The zero-order valence-corrected chi connectivity index (χ0v) is 30.3. The van der Waals surface area contributed by atoms with Gasteiger partial charge in [0.2, 0.25) is 17.6 Å². The van der Waals surface area contributed by atoms with Crippen LogP contribution in [0.1, 0.15) is 35.4 Å². The molecule has 8 nitrogen and oxygen atoms in total.